The van der Waals surface area contributed by atoms with Crippen LogP contribution in [0.2, 0.25) is 0 Å². The Bertz CT molecular complexity index is 184. The van der Waals surface area contributed by atoms with Crippen molar-refractivity contribution in [2.45, 2.75) is 60.0 Å². The molecular formula is C14H28O. The van der Waals surface area contributed by atoms with E-state index in [-0.39, 0.29) is 6.10 Å². The summed E-state index contributed by atoms with van der Waals surface area (Å²) in [5.74, 6) is 1.55. The quantitative estimate of drug-likeness (QED) is 0.700. The zero-order valence-corrected chi connectivity index (χ0v) is 11.1. The molecule has 0 radical (unpaired) electrons. The summed E-state index contributed by atoms with van der Waals surface area (Å²) in [6.07, 6.45) is 3.05. The van der Waals surface area contributed by atoms with E-state index in [1.54, 1.807) is 0 Å². The predicted molar refractivity (Wildman–Crippen MR) is 67.8 cm³/mol. The molecule has 15 heavy (non-hydrogen) atoms. The molecule has 0 heterocycles. The predicted octanol–water partition coefficient (Wildman–Crippen LogP) is 4.02. The van der Waals surface area contributed by atoms with Gasteiger partial charge in [0.05, 0.1) is 6.10 Å². The third-order valence-electron chi connectivity index (χ3n) is 3.32. The lowest BCUT2D eigenvalue weighted by molar-refractivity contribution is 0.130. The van der Waals surface area contributed by atoms with Crippen LogP contribution in [0.25, 0.3) is 0 Å². The molecule has 1 nitrogen and oxygen atoms in total. The zero-order chi connectivity index (χ0) is 12.0. The Morgan fingerprint density at radius 2 is 1.93 bits per heavy atom. The molecule has 90 valence electrons. The molecule has 0 bridgehead atoms. The Morgan fingerprint density at radius 3 is 2.27 bits per heavy atom. The summed E-state index contributed by atoms with van der Waals surface area (Å²) in [5.41, 5.74) is 1.30. The normalized spacial score (nSPS) is 30.3. The molecule has 0 amide bonds. The molecule has 0 aromatic rings. The topological polar surface area (TPSA) is 20.2 Å². The third kappa shape index (κ3) is 3.64. The van der Waals surface area contributed by atoms with E-state index in [4.69, 9.17) is 0 Å². The van der Waals surface area contributed by atoms with E-state index < -0.39 is 0 Å². The minimum absolute atomic E-state index is 0.125. The van der Waals surface area contributed by atoms with Crippen molar-refractivity contribution in [1.82, 2.24) is 0 Å². The summed E-state index contributed by atoms with van der Waals surface area (Å²) in [6.45, 7) is 14.8. The highest BCUT2D eigenvalue weighted by molar-refractivity contribution is 5.15. The van der Waals surface area contributed by atoms with Gasteiger partial charge in [0.15, 0.2) is 0 Å². The fraction of sp³-hybridized carbons (Fsp3) is 0.857. The van der Waals surface area contributed by atoms with Crippen molar-refractivity contribution < 1.29 is 5.11 Å². The van der Waals surface area contributed by atoms with Crippen LogP contribution in [0.15, 0.2) is 12.2 Å². The second-order valence-corrected chi connectivity index (χ2v) is 4.62. The van der Waals surface area contributed by atoms with E-state index >= 15 is 0 Å². The summed E-state index contributed by atoms with van der Waals surface area (Å²) < 4.78 is 0. The summed E-state index contributed by atoms with van der Waals surface area (Å²) >= 11 is 0. The van der Waals surface area contributed by atoms with E-state index in [9.17, 15) is 5.11 Å². The minimum Gasteiger partial charge on any atom is -0.392 e. The van der Waals surface area contributed by atoms with Crippen LogP contribution in [0.3, 0.4) is 0 Å². The average Bonchev–Trinajstić information content (AvgIpc) is 2.49. The SMILES string of the molecule is C=C1C(C(C)C)CC(O)C1CCC.CC. The number of aliphatic hydroxyl groups excluding tert-OH is 1. The Kier molecular flexibility index (Phi) is 6.91. The fourth-order valence-electron chi connectivity index (χ4n) is 2.49. The van der Waals surface area contributed by atoms with E-state index in [0.717, 1.165) is 19.3 Å². The first-order chi connectivity index (χ1) is 7.07. The number of hydrogen-bond acceptors (Lipinski definition) is 1. The van der Waals surface area contributed by atoms with Gasteiger partial charge in [-0.25, -0.2) is 0 Å². The van der Waals surface area contributed by atoms with Crippen LogP contribution in [-0.4, -0.2) is 11.2 Å². The van der Waals surface area contributed by atoms with Crippen LogP contribution in [-0.2, 0) is 0 Å². The van der Waals surface area contributed by atoms with Gasteiger partial charge in [-0.1, -0.05) is 53.2 Å². The van der Waals surface area contributed by atoms with Crippen molar-refractivity contribution >= 4 is 0 Å². The maximum absolute atomic E-state index is 9.85. The van der Waals surface area contributed by atoms with Crippen molar-refractivity contribution in [3.05, 3.63) is 12.2 Å². The maximum atomic E-state index is 9.85. The molecule has 0 aliphatic heterocycles. The van der Waals surface area contributed by atoms with E-state index in [2.05, 4.69) is 27.4 Å². The van der Waals surface area contributed by atoms with Crippen molar-refractivity contribution in [2.24, 2.45) is 17.8 Å². The van der Waals surface area contributed by atoms with Crippen LogP contribution in [0.5, 0.6) is 0 Å². The smallest absolute Gasteiger partial charge is 0.0611 e. The lowest BCUT2D eigenvalue weighted by Crippen LogP contribution is -2.13. The highest BCUT2D eigenvalue weighted by Gasteiger charge is 2.36. The Balaban J connectivity index is 0.000000921. The largest absolute Gasteiger partial charge is 0.392 e. The molecule has 1 aliphatic rings. The molecule has 0 aromatic carbocycles. The Labute approximate surface area is 95.6 Å². The van der Waals surface area contributed by atoms with Crippen LogP contribution in [0, 0.1) is 17.8 Å². The molecule has 1 saturated carbocycles. The summed E-state index contributed by atoms with van der Waals surface area (Å²) in [7, 11) is 0. The number of rotatable bonds is 3. The van der Waals surface area contributed by atoms with Gasteiger partial charge in [-0.15, -0.1) is 0 Å². The van der Waals surface area contributed by atoms with Gasteiger partial charge < -0.3 is 5.11 Å². The van der Waals surface area contributed by atoms with Gasteiger partial charge in [-0.05, 0) is 24.7 Å². The van der Waals surface area contributed by atoms with Crippen molar-refractivity contribution in [2.75, 3.05) is 0 Å². The zero-order valence-electron chi connectivity index (χ0n) is 11.1. The first-order valence-electron chi connectivity index (χ1n) is 6.44. The second kappa shape index (κ2) is 7.05. The van der Waals surface area contributed by atoms with E-state index in [1.165, 1.54) is 5.57 Å². The lowest BCUT2D eigenvalue weighted by atomic mass is 9.88. The molecular weight excluding hydrogens is 184 g/mol. The van der Waals surface area contributed by atoms with Crippen molar-refractivity contribution in [3.63, 3.8) is 0 Å². The van der Waals surface area contributed by atoms with Gasteiger partial charge in [0, 0.05) is 5.92 Å². The van der Waals surface area contributed by atoms with Crippen LogP contribution in [0.4, 0.5) is 0 Å². The van der Waals surface area contributed by atoms with E-state index in [0.29, 0.717) is 17.8 Å². The molecule has 1 fully saturated rings. The van der Waals surface area contributed by atoms with Gasteiger partial charge in [0.1, 0.15) is 0 Å². The van der Waals surface area contributed by atoms with E-state index in [1.807, 2.05) is 13.8 Å². The molecule has 3 unspecified atom stereocenters. The number of hydrogen-bond donors (Lipinski definition) is 1. The summed E-state index contributed by atoms with van der Waals surface area (Å²) in [4.78, 5) is 0. The molecule has 1 rings (SSSR count). The fourth-order valence-corrected chi connectivity index (χ4v) is 2.49. The van der Waals surface area contributed by atoms with Crippen LogP contribution >= 0.6 is 0 Å². The molecule has 1 N–H and O–H groups in total. The minimum atomic E-state index is -0.125. The highest BCUT2D eigenvalue weighted by Crippen LogP contribution is 2.41. The highest BCUT2D eigenvalue weighted by atomic mass is 16.3. The van der Waals surface area contributed by atoms with Gasteiger partial charge in [0.2, 0.25) is 0 Å². The Hall–Kier alpha value is -0.300. The first kappa shape index (κ1) is 14.7. The van der Waals surface area contributed by atoms with Gasteiger partial charge in [0.25, 0.3) is 0 Å². The third-order valence-corrected chi connectivity index (χ3v) is 3.32. The number of aliphatic hydroxyl groups is 1. The molecule has 0 spiro atoms. The van der Waals surface area contributed by atoms with Gasteiger partial charge in [-0.2, -0.15) is 0 Å². The molecule has 0 aromatic heterocycles. The van der Waals surface area contributed by atoms with Crippen molar-refractivity contribution in [1.29, 1.82) is 0 Å². The van der Waals surface area contributed by atoms with Crippen LogP contribution in [0.1, 0.15) is 53.9 Å². The van der Waals surface area contributed by atoms with Gasteiger partial charge >= 0.3 is 0 Å². The average molecular weight is 212 g/mol. The molecule has 1 aliphatic carbocycles. The maximum Gasteiger partial charge on any atom is 0.0611 e. The summed E-state index contributed by atoms with van der Waals surface area (Å²) in [5, 5.41) is 9.85. The van der Waals surface area contributed by atoms with Gasteiger partial charge in [-0.3, -0.25) is 0 Å². The molecule has 3 atom stereocenters. The Morgan fingerprint density at radius 1 is 1.40 bits per heavy atom. The second-order valence-electron chi connectivity index (χ2n) is 4.62. The molecule has 1 heteroatoms. The van der Waals surface area contributed by atoms with Crippen LogP contribution < -0.4 is 0 Å². The summed E-state index contributed by atoms with van der Waals surface area (Å²) in [6, 6.07) is 0. The molecule has 0 saturated heterocycles. The standard InChI is InChI=1S/C12H22O.C2H6/c1-5-6-10-9(4)11(8(2)3)7-12(10)13;1-2/h8,10-13H,4-7H2,1-3H3;1-2H3. The lowest BCUT2D eigenvalue weighted by Gasteiger charge is -2.17. The first-order valence-corrected chi connectivity index (χ1v) is 6.44. The monoisotopic (exact) mass is 212 g/mol. The van der Waals surface area contributed by atoms with Crippen molar-refractivity contribution in [3.8, 4) is 0 Å².